The van der Waals surface area contributed by atoms with Crippen LogP contribution in [0.15, 0.2) is 71.8 Å². The topological polar surface area (TPSA) is 96.8 Å². The van der Waals surface area contributed by atoms with Crippen LogP contribution in [0.2, 0.25) is 0 Å². The number of nitrogens with zero attached hydrogens (tertiary/aromatic N) is 2. The molecule has 3 aromatic heterocycles. The van der Waals surface area contributed by atoms with Crippen LogP contribution in [0.5, 0.6) is 0 Å². The zero-order valence-electron chi connectivity index (χ0n) is 16.3. The van der Waals surface area contributed by atoms with Gasteiger partial charge in [-0.15, -0.1) is 0 Å². The SMILES string of the molecule is O=C(NC(Cc1ccccc1)C(=O)O)c1cn2cc(-c3ccoc3)cc(C(F)(F)F)c2n1. The third-order valence-electron chi connectivity index (χ3n) is 4.83. The standard InChI is InChI=1S/C22H16F3N3O4/c23-22(24,25)16-9-15(14-6-7-32-12-14)10-28-11-18(26-19(16)28)20(29)27-17(21(30)31)8-13-4-2-1-3-5-13/h1-7,9-12,17H,8H2,(H,27,29)(H,30,31). The highest BCUT2D eigenvalue weighted by atomic mass is 19.4. The Labute approximate surface area is 179 Å². The summed E-state index contributed by atoms with van der Waals surface area (Å²) in [5, 5.41) is 11.8. The fourth-order valence-corrected chi connectivity index (χ4v) is 3.29. The Morgan fingerprint density at radius 3 is 2.50 bits per heavy atom. The number of aliphatic carboxylic acids is 1. The molecule has 0 aliphatic heterocycles. The third-order valence-corrected chi connectivity index (χ3v) is 4.83. The number of pyridine rings is 1. The number of fused-ring (bicyclic) bond motifs is 1. The highest BCUT2D eigenvalue weighted by Gasteiger charge is 2.35. The monoisotopic (exact) mass is 443 g/mol. The molecule has 0 fully saturated rings. The van der Waals surface area contributed by atoms with Crippen LogP contribution in [0.4, 0.5) is 13.2 Å². The zero-order chi connectivity index (χ0) is 22.9. The number of rotatable bonds is 6. The highest BCUT2D eigenvalue weighted by Crippen LogP contribution is 2.35. The van der Waals surface area contributed by atoms with Crippen molar-refractivity contribution in [3.05, 3.63) is 84.2 Å². The number of amides is 1. The molecule has 0 bridgehead atoms. The summed E-state index contributed by atoms with van der Waals surface area (Å²) in [5.74, 6) is -2.17. The van der Waals surface area contributed by atoms with Crippen molar-refractivity contribution in [1.29, 1.82) is 0 Å². The third kappa shape index (κ3) is 4.34. The molecule has 1 aromatic carbocycles. The fraction of sp³-hybridized carbons (Fsp3) is 0.136. The van der Waals surface area contributed by atoms with Crippen molar-refractivity contribution in [2.75, 3.05) is 0 Å². The van der Waals surface area contributed by atoms with E-state index in [9.17, 15) is 27.9 Å². The highest BCUT2D eigenvalue weighted by molar-refractivity contribution is 5.95. The number of halogens is 3. The Balaban J connectivity index is 1.68. The normalized spacial score (nSPS) is 12.6. The minimum Gasteiger partial charge on any atom is -0.480 e. The smallest absolute Gasteiger partial charge is 0.420 e. The van der Waals surface area contributed by atoms with Crippen molar-refractivity contribution < 1.29 is 32.3 Å². The van der Waals surface area contributed by atoms with Gasteiger partial charge in [-0.05, 0) is 17.7 Å². The Hall–Kier alpha value is -4.08. The quantitative estimate of drug-likeness (QED) is 0.469. The lowest BCUT2D eigenvalue weighted by Gasteiger charge is -2.13. The van der Waals surface area contributed by atoms with E-state index in [1.165, 1.54) is 24.8 Å². The zero-order valence-corrected chi connectivity index (χ0v) is 16.3. The van der Waals surface area contributed by atoms with Crippen LogP contribution in [0, 0.1) is 0 Å². The summed E-state index contributed by atoms with van der Waals surface area (Å²) in [4.78, 5) is 28.1. The van der Waals surface area contributed by atoms with Gasteiger partial charge in [0.25, 0.3) is 5.91 Å². The molecule has 0 aliphatic rings. The number of carboxylic acid groups (broad SMARTS) is 1. The lowest BCUT2D eigenvalue weighted by Crippen LogP contribution is -2.42. The van der Waals surface area contributed by atoms with Gasteiger partial charge in [0, 0.05) is 29.9 Å². The predicted octanol–water partition coefficient (Wildman–Crippen LogP) is 4.04. The number of alkyl halides is 3. The molecule has 164 valence electrons. The number of carbonyl (C=O) groups is 2. The summed E-state index contributed by atoms with van der Waals surface area (Å²) in [6.45, 7) is 0. The van der Waals surface area contributed by atoms with Gasteiger partial charge in [-0.3, -0.25) is 4.79 Å². The summed E-state index contributed by atoms with van der Waals surface area (Å²) < 4.78 is 47.0. The number of carbonyl (C=O) groups excluding carboxylic acids is 1. The Bertz CT molecular complexity index is 1270. The van der Waals surface area contributed by atoms with Gasteiger partial charge in [0.15, 0.2) is 0 Å². The van der Waals surface area contributed by atoms with Gasteiger partial charge < -0.3 is 19.2 Å². The first-order valence-electron chi connectivity index (χ1n) is 9.42. The number of carboxylic acids is 1. The predicted molar refractivity (Wildman–Crippen MR) is 107 cm³/mol. The van der Waals surface area contributed by atoms with Gasteiger partial charge in [0.2, 0.25) is 0 Å². The number of imidazole rings is 1. The minimum absolute atomic E-state index is 0.00766. The van der Waals surface area contributed by atoms with Gasteiger partial charge in [0.05, 0.1) is 18.1 Å². The Kier molecular flexibility index (Phi) is 5.43. The van der Waals surface area contributed by atoms with E-state index in [0.29, 0.717) is 11.1 Å². The first kappa shape index (κ1) is 21.2. The van der Waals surface area contributed by atoms with E-state index >= 15 is 0 Å². The second kappa shape index (κ2) is 8.22. The molecule has 32 heavy (non-hydrogen) atoms. The lowest BCUT2D eigenvalue weighted by atomic mass is 10.1. The van der Waals surface area contributed by atoms with Crippen molar-refractivity contribution >= 4 is 17.5 Å². The molecule has 2 N–H and O–H groups in total. The van der Waals surface area contributed by atoms with Crippen molar-refractivity contribution in [3.63, 3.8) is 0 Å². The maximum absolute atomic E-state index is 13.7. The first-order valence-corrected chi connectivity index (χ1v) is 9.42. The van der Waals surface area contributed by atoms with Gasteiger partial charge >= 0.3 is 12.1 Å². The number of benzene rings is 1. The largest absolute Gasteiger partial charge is 0.480 e. The molecule has 0 aliphatic carbocycles. The van der Waals surface area contributed by atoms with Gasteiger partial charge in [-0.1, -0.05) is 30.3 Å². The fourth-order valence-electron chi connectivity index (χ4n) is 3.29. The van der Waals surface area contributed by atoms with Crippen molar-refractivity contribution in [2.24, 2.45) is 0 Å². The van der Waals surface area contributed by atoms with Gasteiger partial charge in [-0.2, -0.15) is 13.2 Å². The summed E-state index contributed by atoms with van der Waals surface area (Å²) in [6, 6.07) is 9.79. The van der Waals surface area contributed by atoms with E-state index in [2.05, 4.69) is 10.3 Å². The van der Waals surface area contributed by atoms with Crippen LogP contribution in [-0.2, 0) is 17.4 Å². The lowest BCUT2D eigenvalue weighted by molar-refractivity contribution is -0.139. The molecular formula is C22H16F3N3O4. The Morgan fingerprint density at radius 2 is 1.88 bits per heavy atom. The van der Waals surface area contributed by atoms with Crippen LogP contribution in [0.25, 0.3) is 16.8 Å². The number of hydrogen-bond acceptors (Lipinski definition) is 4. The molecule has 0 saturated heterocycles. The van der Waals surface area contributed by atoms with E-state index in [1.54, 1.807) is 30.3 Å². The van der Waals surface area contributed by atoms with Crippen LogP contribution in [0.1, 0.15) is 21.6 Å². The van der Waals surface area contributed by atoms with E-state index in [1.807, 2.05) is 0 Å². The van der Waals surface area contributed by atoms with Crippen LogP contribution in [-0.4, -0.2) is 32.4 Å². The van der Waals surface area contributed by atoms with Crippen LogP contribution in [0.3, 0.4) is 0 Å². The molecule has 1 unspecified atom stereocenters. The summed E-state index contributed by atoms with van der Waals surface area (Å²) in [5.41, 5.74) is -0.515. The van der Waals surface area contributed by atoms with E-state index in [-0.39, 0.29) is 17.7 Å². The molecular weight excluding hydrogens is 427 g/mol. The van der Waals surface area contributed by atoms with E-state index in [0.717, 1.165) is 16.7 Å². The summed E-state index contributed by atoms with van der Waals surface area (Å²) in [6.07, 6.45) is 0.429. The van der Waals surface area contributed by atoms with Crippen molar-refractivity contribution in [1.82, 2.24) is 14.7 Å². The second-order valence-electron chi connectivity index (χ2n) is 7.06. The number of aromatic nitrogens is 2. The van der Waals surface area contributed by atoms with E-state index in [4.69, 9.17) is 4.42 Å². The molecule has 0 saturated carbocycles. The minimum atomic E-state index is -4.73. The van der Waals surface area contributed by atoms with Gasteiger partial charge in [-0.25, -0.2) is 9.78 Å². The average Bonchev–Trinajstić information content (AvgIpc) is 3.42. The Morgan fingerprint density at radius 1 is 1.12 bits per heavy atom. The van der Waals surface area contributed by atoms with Gasteiger partial charge in [0.1, 0.15) is 17.4 Å². The molecule has 1 atom stereocenters. The first-order chi connectivity index (χ1) is 15.2. The molecule has 3 heterocycles. The molecule has 4 aromatic rings. The molecule has 10 heteroatoms. The molecule has 0 radical (unpaired) electrons. The number of hydrogen-bond donors (Lipinski definition) is 2. The van der Waals surface area contributed by atoms with Crippen molar-refractivity contribution in [3.8, 4) is 11.1 Å². The molecule has 4 rings (SSSR count). The number of furan rings is 1. The summed E-state index contributed by atoms with van der Waals surface area (Å²) >= 11 is 0. The number of nitrogens with one attached hydrogen (secondary N) is 1. The maximum atomic E-state index is 13.7. The average molecular weight is 443 g/mol. The molecule has 0 spiro atoms. The van der Waals surface area contributed by atoms with E-state index < -0.39 is 35.3 Å². The summed E-state index contributed by atoms with van der Waals surface area (Å²) in [7, 11) is 0. The maximum Gasteiger partial charge on any atom is 0.420 e. The second-order valence-corrected chi connectivity index (χ2v) is 7.06. The molecule has 7 nitrogen and oxygen atoms in total. The molecule has 1 amide bonds. The van der Waals surface area contributed by atoms with Crippen molar-refractivity contribution in [2.45, 2.75) is 18.6 Å². The van der Waals surface area contributed by atoms with Crippen LogP contribution >= 0.6 is 0 Å². The van der Waals surface area contributed by atoms with Crippen LogP contribution < -0.4 is 5.32 Å².